The summed E-state index contributed by atoms with van der Waals surface area (Å²) in [5.41, 5.74) is 0.598. The minimum atomic E-state index is -0.384. The van der Waals surface area contributed by atoms with Gasteiger partial charge in [0.1, 0.15) is 4.60 Å². The molecule has 0 bridgehead atoms. The topological polar surface area (TPSA) is 52.1 Å². The number of hydrogen-bond donors (Lipinski definition) is 0. The van der Waals surface area contributed by atoms with Crippen LogP contribution in [0.25, 0.3) is 6.08 Å². The third-order valence-corrected chi connectivity index (χ3v) is 1.95. The molecule has 0 aliphatic rings. The second kappa shape index (κ2) is 5.49. The Hall–Kier alpha value is -1.23. The molecule has 74 valence electrons. The lowest BCUT2D eigenvalue weighted by atomic mass is 10.4. The number of carbonyl (C=O) groups excluding carboxylic acids is 1. The molecule has 0 spiro atoms. The van der Waals surface area contributed by atoms with E-state index in [1.807, 2.05) is 0 Å². The molecule has 0 fully saturated rings. The van der Waals surface area contributed by atoms with Crippen LogP contribution >= 0.6 is 15.9 Å². The van der Waals surface area contributed by atoms with E-state index in [4.69, 9.17) is 4.74 Å². The van der Waals surface area contributed by atoms with E-state index in [1.54, 1.807) is 25.4 Å². The molecule has 0 radical (unpaired) electrons. The molecule has 0 aliphatic heterocycles. The maximum Gasteiger partial charge on any atom is 0.330 e. The Morgan fingerprint density at radius 3 is 2.93 bits per heavy atom. The van der Waals surface area contributed by atoms with Gasteiger partial charge in [-0.1, -0.05) is 0 Å². The van der Waals surface area contributed by atoms with Gasteiger partial charge in [-0.25, -0.2) is 9.78 Å². The van der Waals surface area contributed by atoms with Crippen molar-refractivity contribution in [1.82, 2.24) is 9.97 Å². The number of rotatable bonds is 3. The Bertz CT molecular complexity index is 352. The van der Waals surface area contributed by atoms with Crippen LogP contribution in [0.2, 0.25) is 0 Å². The van der Waals surface area contributed by atoms with Crippen LogP contribution in [0.5, 0.6) is 0 Å². The first-order valence-electron chi connectivity index (χ1n) is 4.05. The molecule has 0 N–H and O–H groups in total. The van der Waals surface area contributed by atoms with Crippen LogP contribution in [0.15, 0.2) is 23.1 Å². The molecule has 0 saturated carbocycles. The summed E-state index contributed by atoms with van der Waals surface area (Å²) in [4.78, 5) is 18.9. The second-order valence-corrected chi connectivity index (χ2v) is 3.07. The highest BCUT2D eigenvalue weighted by Crippen LogP contribution is 2.10. The molecule has 1 heterocycles. The zero-order valence-electron chi connectivity index (χ0n) is 7.61. The number of nitrogens with zero attached hydrogens (tertiary/aromatic N) is 2. The molecule has 14 heavy (non-hydrogen) atoms. The van der Waals surface area contributed by atoms with E-state index in [9.17, 15) is 4.79 Å². The maximum absolute atomic E-state index is 11.0. The summed E-state index contributed by atoms with van der Waals surface area (Å²) in [5.74, 6) is -0.384. The van der Waals surface area contributed by atoms with Gasteiger partial charge in [-0.05, 0) is 28.9 Å². The minimum absolute atomic E-state index is 0.366. The van der Waals surface area contributed by atoms with Crippen LogP contribution in [-0.2, 0) is 9.53 Å². The fraction of sp³-hybridized carbons (Fsp3) is 0.222. The van der Waals surface area contributed by atoms with Crippen molar-refractivity contribution in [3.8, 4) is 0 Å². The Kier molecular flexibility index (Phi) is 4.25. The Labute approximate surface area is 90.1 Å². The highest BCUT2D eigenvalue weighted by atomic mass is 79.9. The Balaban J connectivity index is 2.69. The summed E-state index contributed by atoms with van der Waals surface area (Å²) in [7, 11) is 0. The zero-order chi connectivity index (χ0) is 10.4. The zero-order valence-corrected chi connectivity index (χ0v) is 9.19. The number of ether oxygens (including phenoxy) is 1. The van der Waals surface area contributed by atoms with Gasteiger partial charge in [0.25, 0.3) is 0 Å². The molecule has 0 saturated heterocycles. The van der Waals surface area contributed by atoms with Gasteiger partial charge in [0.05, 0.1) is 12.3 Å². The fourth-order valence-electron chi connectivity index (χ4n) is 0.781. The van der Waals surface area contributed by atoms with Crippen molar-refractivity contribution >= 4 is 28.0 Å². The minimum Gasteiger partial charge on any atom is -0.463 e. The van der Waals surface area contributed by atoms with E-state index in [-0.39, 0.29) is 5.97 Å². The molecule has 5 heteroatoms. The van der Waals surface area contributed by atoms with Gasteiger partial charge in [-0.15, -0.1) is 0 Å². The van der Waals surface area contributed by atoms with Crippen molar-refractivity contribution in [3.63, 3.8) is 0 Å². The first-order chi connectivity index (χ1) is 6.74. The monoisotopic (exact) mass is 256 g/mol. The third-order valence-electron chi connectivity index (χ3n) is 1.34. The van der Waals surface area contributed by atoms with E-state index in [0.29, 0.717) is 16.9 Å². The fourth-order valence-corrected chi connectivity index (χ4v) is 1.13. The van der Waals surface area contributed by atoms with Gasteiger partial charge in [0, 0.05) is 18.5 Å². The van der Waals surface area contributed by atoms with Gasteiger partial charge in [0.2, 0.25) is 0 Å². The van der Waals surface area contributed by atoms with Crippen LogP contribution in [0.3, 0.4) is 0 Å². The Morgan fingerprint density at radius 2 is 2.29 bits per heavy atom. The second-order valence-electron chi connectivity index (χ2n) is 2.32. The molecular formula is C9H9BrN2O2. The molecule has 0 aliphatic carbocycles. The van der Waals surface area contributed by atoms with E-state index >= 15 is 0 Å². The lowest BCUT2D eigenvalue weighted by Gasteiger charge is -1.96. The van der Waals surface area contributed by atoms with Gasteiger partial charge in [0.15, 0.2) is 0 Å². The predicted molar refractivity (Wildman–Crippen MR) is 55.4 cm³/mol. The summed E-state index contributed by atoms with van der Waals surface area (Å²) < 4.78 is 5.31. The van der Waals surface area contributed by atoms with E-state index in [0.717, 1.165) is 0 Å². The quantitative estimate of drug-likeness (QED) is 0.612. The van der Waals surface area contributed by atoms with E-state index in [2.05, 4.69) is 25.9 Å². The van der Waals surface area contributed by atoms with Crippen LogP contribution in [-0.4, -0.2) is 22.5 Å². The van der Waals surface area contributed by atoms with Crippen LogP contribution < -0.4 is 0 Å². The van der Waals surface area contributed by atoms with Gasteiger partial charge >= 0.3 is 5.97 Å². The normalized spacial score (nSPS) is 10.4. The summed E-state index contributed by atoms with van der Waals surface area (Å²) in [6, 6.07) is 0. The van der Waals surface area contributed by atoms with Gasteiger partial charge < -0.3 is 4.74 Å². The van der Waals surface area contributed by atoms with Crippen molar-refractivity contribution < 1.29 is 9.53 Å². The first kappa shape index (κ1) is 10.8. The van der Waals surface area contributed by atoms with Crippen LogP contribution in [0, 0.1) is 0 Å². The number of aromatic nitrogens is 2. The lowest BCUT2D eigenvalue weighted by Crippen LogP contribution is -1.99. The predicted octanol–water partition coefficient (Wildman–Crippen LogP) is 1.82. The lowest BCUT2D eigenvalue weighted by molar-refractivity contribution is -0.137. The summed E-state index contributed by atoms with van der Waals surface area (Å²) in [6.45, 7) is 2.12. The third kappa shape index (κ3) is 3.26. The summed E-state index contributed by atoms with van der Waals surface area (Å²) in [5, 5.41) is 0. The van der Waals surface area contributed by atoms with Crippen LogP contribution in [0.4, 0.5) is 0 Å². The molecule has 0 aromatic carbocycles. The van der Waals surface area contributed by atoms with Gasteiger partial charge in [-0.3, -0.25) is 4.98 Å². The first-order valence-corrected chi connectivity index (χ1v) is 4.84. The Morgan fingerprint density at radius 1 is 1.57 bits per heavy atom. The maximum atomic E-state index is 11.0. The van der Waals surface area contributed by atoms with Crippen molar-refractivity contribution in [1.29, 1.82) is 0 Å². The molecule has 1 rings (SSSR count). The molecule has 0 amide bonds. The van der Waals surface area contributed by atoms with Crippen molar-refractivity contribution in [2.75, 3.05) is 6.61 Å². The standard InChI is InChI=1S/C9H9BrN2O2/c1-2-14-8(13)4-3-7-9(10)12-6-5-11-7/h3-6H,2H2,1H3/b4-3+. The van der Waals surface area contributed by atoms with Gasteiger partial charge in [-0.2, -0.15) is 0 Å². The van der Waals surface area contributed by atoms with Crippen molar-refractivity contribution in [2.24, 2.45) is 0 Å². The average Bonchev–Trinajstić information content (AvgIpc) is 2.17. The van der Waals surface area contributed by atoms with E-state index < -0.39 is 0 Å². The molecule has 0 atom stereocenters. The van der Waals surface area contributed by atoms with Crippen molar-refractivity contribution in [3.05, 3.63) is 28.8 Å². The summed E-state index contributed by atoms with van der Waals surface area (Å²) >= 11 is 3.21. The molecule has 0 unspecified atom stereocenters. The van der Waals surface area contributed by atoms with Crippen molar-refractivity contribution in [2.45, 2.75) is 6.92 Å². The molecule has 1 aromatic rings. The van der Waals surface area contributed by atoms with Crippen LogP contribution in [0.1, 0.15) is 12.6 Å². The SMILES string of the molecule is CCOC(=O)/C=C/c1nccnc1Br. The highest BCUT2D eigenvalue weighted by Gasteiger charge is 1.98. The van der Waals surface area contributed by atoms with E-state index in [1.165, 1.54) is 6.08 Å². The largest absolute Gasteiger partial charge is 0.463 e. The molecule has 4 nitrogen and oxygen atoms in total. The number of hydrogen-bond acceptors (Lipinski definition) is 4. The molecular weight excluding hydrogens is 248 g/mol. The number of esters is 1. The number of carbonyl (C=O) groups is 1. The highest BCUT2D eigenvalue weighted by molar-refractivity contribution is 9.10. The molecule has 1 aromatic heterocycles. The average molecular weight is 257 g/mol. The number of halogens is 1. The smallest absolute Gasteiger partial charge is 0.330 e. The summed E-state index contributed by atoms with van der Waals surface area (Å²) in [6.07, 6.45) is 5.98.